The zero-order valence-electron chi connectivity index (χ0n) is 10.1. The van der Waals surface area contributed by atoms with Gasteiger partial charge in [0.15, 0.2) is 0 Å². The number of thioether (sulfide) groups is 1. The molecule has 2 aliphatic rings. The standard InChI is InChI=1S/C12H22N2OS/c1-12(5-2-6-16-12)9-14-11(15)8-13-7-10-3-4-10/h10,13H,2-9H2,1H3,(H,14,15). The Morgan fingerprint density at radius 2 is 2.31 bits per heavy atom. The van der Waals surface area contributed by atoms with Crippen LogP contribution in [0.1, 0.15) is 32.6 Å². The molecular formula is C12H22N2OS. The first-order chi connectivity index (χ1) is 7.68. The Hall–Kier alpha value is -0.220. The maximum Gasteiger partial charge on any atom is 0.234 e. The van der Waals surface area contributed by atoms with Crippen molar-refractivity contribution in [1.29, 1.82) is 0 Å². The molecule has 1 atom stereocenters. The molecule has 1 saturated carbocycles. The minimum atomic E-state index is 0.148. The summed E-state index contributed by atoms with van der Waals surface area (Å²) in [6, 6.07) is 0. The molecule has 0 radical (unpaired) electrons. The van der Waals surface area contributed by atoms with Crippen molar-refractivity contribution >= 4 is 17.7 Å². The summed E-state index contributed by atoms with van der Waals surface area (Å²) in [4.78, 5) is 11.6. The summed E-state index contributed by atoms with van der Waals surface area (Å²) < 4.78 is 0.284. The number of nitrogens with one attached hydrogen (secondary N) is 2. The van der Waals surface area contributed by atoms with Crippen LogP contribution in [0.15, 0.2) is 0 Å². The zero-order chi connectivity index (χ0) is 11.4. The molecule has 2 N–H and O–H groups in total. The highest BCUT2D eigenvalue weighted by Crippen LogP contribution is 2.36. The molecule has 1 saturated heterocycles. The van der Waals surface area contributed by atoms with Crippen LogP contribution in [0, 0.1) is 5.92 Å². The second-order valence-corrected chi connectivity index (χ2v) is 6.94. The molecular weight excluding hydrogens is 220 g/mol. The number of hydrogen-bond acceptors (Lipinski definition) is 3. The fourth-order valence-electron chi connectivity index (χ4n) is 2.04. The summed E-state index contributed by atoms with van der Waals surface area (Å²) in [5.74, 6) is 2.23. The lowest BCUT2D eigenvalue weighted by molar-refractivity contribution is -0.120. The van der Waals surface area contributed by atoms with Gasteiger partial charge in [-0.25, -0.2) is 0 Å². The van der Waals surface area contributed by atoms with Gasteiger partial charge in [-0.1, -0.05) is 0 Å². The van der Waals surface area contributed by atoms with Gasteiger partial charge in [0.2, 0.25) is 5.91 Å². The van der Waals surface area contributed by atoms with Crippen molar-refractivity contribution in [2.75, 3.05) is 25.4 Å². The van der Waals surface area contributed by atoms with E-state index in [2.05, 4.69) is 17.6 Å². The average Bonchev–Trinajstić information content (AvgIpc) is 2.98. The van der Waals surface area contributed by atoms with Crippen molar-refractivity contribution in [1.82, 2.24) is 10.6 Å². The molecule has 0 bridgehead atoms. The van der Waals surface area contributed by atoms with Gasteiger partial charge >= 0.3 is 0 Å². The van der Waals surface area contributed by atoms with E-state index in [-0.39, 0.29) is 10.7 Å². The molecule has 1 unspecified atom stereocenters. The van der Waals surface area contributed by atoms with Gasteiger partial charge < -0.3 is 10.6 Å². The molecule has 1 amide bonds. The largest absolute Gasteiger partial charge is 0.354 e. The van der Waals surface area contributed by atoms with E-state index in [1.165, 1.54) is 31.4 Å². The second-order valence-electron chi connectivity index (χ2n) is 5.25. The van der Waals surface area contributed by atoms with Crippen LogP contribution in [-0.2, 0) is 4.79 Å². The Morgan fingerprint density at radius 3 is 2.94 bits per heavy atom. The lowest BCUT2D eigenvalue weighted by Gasteiger charge is -2.22. The maximum absolute atomic E-state index is 11.6. The van der Waals surface area contributed by atoms with Gasteiger partial charge in [0.25, 0.3) is 0 Å². The predicted octanol–water partition coefficient (Wildman–Crippen LogP) is 1.39. The van der Waals surface area contributed by atoms with Gasteiger partial charge in [-0.3, -0.25) is 4.79 Å². The van der Waals surface area contributed by atoms with Crippen LogP contribution in [0.4, 0.5) is 0 Å². The van der Waals surface area contributed by atoms with Crippen molar-refractivity contribution in [2.24, 2.45) is 5.92 Å². The van der Waals surface area contributed by atoms with Crippen molar-refractivity contribution in [3.05, 3.63) is 0 Å². The summed E-state index contributed by atoms with van der Waals surface area (Å²) in [6.45, 7) is 4.57. The molecule has 2 rings (SSSR count). The lowest BCUT2D eigenvalue weighted by Crippen LogP contribution is -2.41. The molecule has 16 heavy (non-hydrogen) atoms. The minimum Gasteiger partial charge on any atom is -0.354 e. The number of rotatable bonds is 6. The van der Waals surface area contributed by atoms with Crippen molar-refractivity contribution in [3.63, 3.8) is 0 Å². The normalized spacial score (nSPS) is 29.3. The fraction of sp³-hybridized carbons (Fsp3) is 0.917. The molecule has 4 heteroatoms. The van der Waals surface area contributed by atoms with E-state index < -0.39 is 0 Å². The third-order valence-corrected chi connectivity index (χ3v) is 4.91. The maximum atomic E-state index is 11.6. The number of hydrogen-bond donors (Lipinski definition) is 2. The number of amides is 1. The highest BCUT2D eigenvalue weighted by molar-refractivity contribution is 8.00. The van der Waals surface area contributed by atoms with E-state index >= 15 is 0 Å². The van der Waals surface area contributed by atoms with Crippen LogP contribution in [0.25, 0.3) is 0 Å². The van der Waals surface area contributed by atoms with Crippen LogP contribution >= 0.6 is 11.8 Å². The molecule has 0 spiro atoms. The van der Waals surface area contributed by atoms with E-state index in [4.69, 9.17) is 0 Å². The van der Waals surface area contributed by atoms with Gasteiger partial charge in [0.05, 0.1) is 6.54 Å². The van der Waals surface area contributed by atoms with Crippen molar-refractivity contribution in [3.8, 4) is 0 Å². The van der Waals surface area contributed by atoms with Crippen LogP contribution in [0.3, 0.4) is 0 Å². The van der Waals surface area contributed by atoms with Crippen LogP contribution in [-0.4, -0.2) is 36.0 Å². The third kappa shape index (κ3) is 3.98. The quantitative estimate of drug-likeness (QED) is 0.739. The Labute approximate surface area is 102 Å². The molecule has 0 aromatic heterocycles. The Bertz CT molecular complexity index is 247. The molecule has 1 heterocycles. The van der Waals surface area contributed by atoms with E-state index in [9.17, 15) is 4.79 Å². The Balaban J connectivity index is 1.55. The first-order valence-corrected chi connectivity index (χ1v) is 7.28. The topological polar surface area (TPSA) is 41.1 Å². The lowest BCUT2D eigenvalue weighted by atomic mass is 10.1. The Kier molecular flexibility index (Phi) is 4.14. The van der Waals surface area contributed by atoms with E-state index in [1.807, 2.05) is 11.8 Å². The predicted molar refractivity (Wildman–Crippen MR) is 68.7 cm³/mol. The molecule has 92 valence electrons. The Morgan fingerprint density at radius 1 is 1.50 bits per heavy atom. The molecule has 0 aromatic carbocycles. The summed E-state index contributed by atoms with van der Waals surface area (Å²) >= 11 is 1.99. The smallest absolute Gasteiger partial charge is 0.234 e. The monoisotopic (exact) mass is 242 g/mol. The second kappa shape index (κ2) is 5.41. The highest BCUT2D eigenvalue weighted by atomic mass is 32.2. The molecule has 3 nitrogen and oxygen atoms in total. The van der Waals surface area contributed by atoms with Gasteiger partial charge in [-0.15, -0.1) is 0 Å². The van der Waals surface area contributed by atoms with Gasteiger partial charge in [-0.05, 0) is 50.8 Å². The number of carbonyl (C=O) groups excluding carboxylic acids is 1. The summed E-state index contributed by atoms with van der Waals surface area (Å²) in [5.41, 5.74) is 0. The van der Waals surface area contributed by atoms with E-state index in [0.29, 0.717) is 6.54 Å². The van der Waals surface area contributed by atoms with Crippen LogP contribution < -0.4 is 10.6 Å². The molecule has 2 fully saturated rings. The van der Waals surface area contributed by atoms with Crippen molar-refractivity contribution < 1.29 is 4.79 Å². The first kappa shape index (κ1) is 12.2. The third-order valence-electron chi connectivity index (χ3n) is 3.38. The number of carbonyl (C=O) groups is 1. The zero-order valence-corrected chi connectivity index (χ0v) is 10.9. The average molecular weight is 242 g/mol. The van der Waals surface area contributed by atoms with Gasteiger partial charge in [0.1, 0.15) is 0 Å². The molecule has 1 aliphatic heterocycles. The first-order valence-electron chi connectivity index (χ1n) is 6.29. The highest BCUT2D eigenvalue weighted by Gasteiger charge is 2.29. The molecule has 0 aromatic rings. The molecule has 1 aliphatic carbocycles. The summed E-state index contributed by atoms with van der Waals surface area (Å²) in [5, 5.41) is 6.25. The summed E-state index contributed by atoms with van der Waals surface area (Å²) in [6.07, 6.45) is 5.19. The van der Waals surface area contributed by atoms with Gasteiger partial charge in [0, 0.05) is 11.3 Å². The van der Waals surface area contributed by atoms with Gasteiger partial charge in [-0.2, -0.15) is 11.8 Å². The van der Waals surface area contributed by atoms with Crippen LogP contribution in [0.2, 0.25) is 0 Å². The van der Waals surface area contributed by atoms with Crippen molar-refractivity contribution in [2.45, 2.75) is 37.4 Å². The van der Waals surface area contributed by atoms with Crippen LogP contribution in [0.5, 0.6) is 0 Å². The van der Waals surface area contributed by atoms with E-state index in [1.54, 1.807) is 0 Å². The minimum absolute atomic E-state index is 0.148. The SMILES string of the molecule is CC1(CNC(=O)CNCC2CC2)CCCS1. The fourth-order valence-corrected chi connectivity index (χ4v) is 3.28. The summed E-state index contributed by atoms with van der Waals surface area (Å²) in [7, 11) is 0. The van der Waals surface area contributed by atoms with E-state index in [0.717, 1.165) is 19.0 Å².